The van der Waals surface area contributed by atoms with Crippen molar-refractivity contribution < 1.29 is 14.7 Å². The third kappa shape index (κ3) is 4.79. The molecular weight excluding hydrogens is 416 g/mol. The summed E-state index contributed by atoms with van der Waals surface area (Å²) in [6.45, 7) is 10.4. The number of nitrogens with one attached hydrogen (secondary N) is 1. The Morgan fingerprint density at radius 2 is 1.85 bits per heavy atom. The number of rotatable bonds is 4. The highest BCUT2D eigenvalue weighted by atomic mass is 16.3. The molecule has 0 spiro atoms. The van der Waals surface area contributed by atoms with Gasteiger partial charge in [-0.15, -0.1) is 0 Å². The Labute approximate surface area is 197 Å². The quantitative estimate of drug-likeness (QED) is 0.725. The summed E-state index contributed by atoms with van der Waals surface area (Å²) in [5.74, 6) is 0.613. The van der Waals surface area contributed by atoms with Gasteiger partial charge in [-0.05, 0) is 67.6 Å². The zero-order chi connectivity index (χ0) is 23.8. The van der Waals surface area contributed by atoms with Gasteiger partial charge in [0.25, 0.3) is 5.91 Å². The van der Waals surface area contributed by atoms with Crippen LogP contribution in [0.15, 0.2) is 18.6 Å². The number of aliphatic hydroxyl groups excluding tert-OH is 1. The molecule has 2 saturated carbocycles. The maximum atomic E-state index is 13.3. The lowest BCUT2D eigenvalue weighted by atomic mass is 9.51. The molecule has 3 fully saturated rings. The summed E-state index contributed by atoms with van der Waals surface area (Å²) in [6.07, 6.45) is 9.89. The lowest BCUT2D eigenvalue weighted by Gasteiger charge is -2.56. The molecule has 2 heterocycles. The van der Waals surface area contributed by atoms with Gasteiger partial charge in [0.1, 0.15) is 5.69 Å². The van der Waals surface area contributed by atoms with Gasteiger partial charge < -0.3 is 15.3 Å². The second kappa shape index (κ2) is 9.69. The summed E-state index contributed by atoms with van der Waals surface area (Å²) < 4.78 is 0. The van der Waals surface area contributed by atoms with Crippen molar-refractivity contribution in [2.45, 2.75) is 78.4 Å². The highest BCUT2D eigenvalue weighted by Crippen LogP contribution is 2.55. The standard InChI is InChI=1S/C26H40N4O3/c1-16-7-13-30(14-8-16)25(33)17(2)19-5-9-26(4)10-6-20(18(3)22(26)23(19)31)29-24(32)21-15-27-11-12-28-21/h11-12,15-20,22-23,31H,5-10,13-14H2,1-4H3,(H,29,32)/t17-,18+,19-,20-,22+,23-,26-/m0/s1. The second-order valence-corrected chi connectivity index (χ2v) is 11.2. The van der Waals surface area contributed by atoms with Crippen molar-refractivity contribution >= 4 is 11.8 Å². The van der Waals surface area contributed by atoms with Crippen LogP contribution in [0, 0.1) is 35.0 Å². The summed E-state index contributed by atoms with van der Waals surface area (Å²) in [4.78, 5) is 36.1. The lowest BCUT2D eigenvalue weighted by Crippen LogP contribution is -2.58. The van der Waals surface area contributed by atoms with Gasteiger partial charge in [-0.1, -0.05) is 27.7 Å². The molecule has 1 aromatic heterocycles. The average Bonchev–Trinajstić information content (AvgIpc) is 2.81. The number of hydrogen-bond donors (Lipinski definition) is 2. The van der Waals surface area contributed by atoms with E-state index in [2.05, 4.69) is 36.1 Å². The monoisotopic (exact) mass is 456 g/mol. The summed E-state index contributed by atoms with van der Waals surface area (Å²) >= 11 is 0. The van der Waals surface area contributed by atoms with Crippen LogP contribution in [-0.2, 0) is 4.79 Å². The number of likely N-dealkylation sites (tertiary alicyclic amines) is 1. The molecule has 0 bridgehead atoms. The Kier molecular flexibility index (Phi) is 7.08. The summed E-state index contributed by atoms with van der Waals surface area (Å²) in [6, 6.07) is -0.0272. The number of aliphatic hydroxyl groups is 1. The topological polar surface area (TPSA) is 95.4 Å². The van der Waals surface area contributed by atoms with Crippen molar-refractivity contribution in [2.24, 2.45) is 35.0 Å². The highest BCUT2D eigenvalue weighted by molar-refractivity contribution is 5.92. The zero-order valence-electron chi connectivity index (χ0n) is 20.5. The fourth-order valence-corrected chi connectivity index (χ4v) is 6.86. The van der Waals surface area contributed by atoms with Crippen LogP contribution in [0.5, 0.6) is 0 Å². The summed E-state index contributed by atoms with van der Waals surface area (Å²) in [5.41, 5.74) is 0.349. The Balaban J connectivity index is 1.45. The first-order chi connectivity index (χ1) is 15.7. The summed E-state index contributed by atoms with van der Waals surface area (Å²) in [7, 11) is 0. The molecule has 1 saturated heterocycles. The molecule has 0 aromatic carbocycles. The molecule has 182 valence electrons. The van der Waals surface area contributed by atoms with Gasteiger partial charge in [-0.3, -0.25) is 14.6 Å². The molecule has 7 heteroatoms. The molecule has 4 rings (SSSR count). The van der Waals surface area contributed by atoms with Crippen molar-refractivity contribution in [1.82, 2.24) is 20.2 Å². The predicted octanol–water partition coefficient (Wildman–Crippen LogP) is 3.29. The van der Waals surface area contributed by atoms with Crippen molar-refractivity contribution in [3.63, 3.8) is 0 Å². The molecule has 1 aromatic rings. The highest BCUT2D eigenvalue weighted by Gasteiger charge is 2.54. The van der Waals surface area contributed by atoms with Crippen LogP contribution in [0.2, 0.25) is 0 Å². The van der Waals surface area contributed by atoms with E-state index in [1.807, 2.05) is 11.8 Å². The number of carbonyl (C=O) groups excluding carboxylic acids is 2. The fourth-order valence-electron chi connectivity index (χ4n) is 6.86. The Hall–Kier alpha value is -2.02. The van der Waals surface area contributed by atoms with Gasteiger partial charge in [-0.2, -0.15) is 0 Å². The number of hydrogen-bond acceptors (Lipinski definition) is 5. The van der Waals surface area contributed by atoms with E-state index in [9.17, 15) is 14.7 Å². The smallest absolute Gasteiger partial charge is 0.271 e. The van der Waals surface area contributed by atoms with E-state index in [-0.39, 0.29) is 46.9 Å². The first-order valence-electron chi connectivity index (χ1n) is 12.7. The van der Waals surface area contributed by atoms with Crippen LogP contribution >= 0.6 is 0 Å². The van der Waals surface area contributed by atoms with Crippen LogP contribution in [-0.4, -0.2) is 57.0 Å². The summed E-state index contributed by atoms with van der Waals surface area (Å²) in [5, 5.41) is 14.8. The van der Waals surface area contributed by atoms with Gasteiger partial charge in [0.2, 0.25) is 5.91 Å². The van der Waals surface area contributed by atoms with Crippen molar-refractivity contribution in [3.8, 4) is 0 Å². The Bertz CT molecular complexity index is 841. The number of aromatic nitrogens is 2. The van der Waals surface area contributed by atoms with Crippen molar-refractivity contribution in [2.75, 3.05) is 13.1 Å². The van der Waals surface area contributed by atoms with E-state index >= 15 is 0 Å². The fraction of sp³-hybridized carbons (Fsp3) is 0.769. The van der Waals surface area contributed by atoms with Crippen LogP contribution in [0.4, 0.5) is 0 Å². The van der Waals surface area contributed by atoms with Gasteiger partial charge in [0.05, 0.1) is 12.3 Å². The Morgan fingerprint density at radius 1 is 1.15 bits per heavy atom. The SMILES string of the molecule is CC1CCN(C(=O)[C@@H](C)[C@@H]2CC[C@@]3(C)CC[C@H](NC(=O)c4cnccn4)[C@@H](C)[C@@H]3[C@H]2O)CC1. The van der Waals surface area contributed by atoms with Crippen LogP contribution in [0.3, 0.4) is 0 Å². The van der Waals surface area contributed by atoms with Crippen molar-refractivity contribution in [1.29, 1.82) is 0 Å². The van der Waals surface area contributed by atoms with Gasteiger partial charge in [0.15, 0.2) is 0 Å². The van der Waals surface area contributed by atoms with E-state index in [4.69, 9.17) is 0 Å². The number of fused-ring (bicyclic) bond motifs is 1. The largest absolute Gasteiger partial charge is 0.392 e. The molecule has 1 aliphatic heterocycles. The number of amides is 2. The molecular formula is C26H40N4O3. The van der Waals surface area contributed by atoms with Gasteiger partial charge in [0, 0.05) is 37.4 Å². The molecule has 33 heavy (non-hydrogen) atoms. The van der Waals surface area contributed by atoms with Crippen LogP contribution in [0.25, 0.3) is 0 Å². The molecule has 0 unspecified atom stereocenters. The molecule has 3 aliphatic rings. The first-order valence-corrected chi connectivity index (χ1v) is 12.7. The molecule has 7 nitrogen and oxygen atoms in total. The minimum Gasteiger partial charge on any atom is -0.392 e. The van der Waals surface area contributed by atoms with E-state index < -0.39 is 6.10 Å². The minimum atomic E-state index is -0.544. The lowest BCUT2D eigenvalue weighted by molar-refractivity contribution is -0.151. The van der Waals surface area contributed by atoms with E-state index in [0.717, 1.165) is 51.6 Å². The first kappa shape index (κ1) is 24.1. The van der Waals surface area contributed by atoms with Crippen molar-refractivity contribution in [3.05, 3.63) is 24.3 Å². The number of nitrogens with zero attached hydrogens (tertiary/aromatic N) is 3. The number of carbonyl (C=O) groups is 2. The molecule has 2 amide bonds. The Morgan fingerprint density at radius 3 is 2.52 bits per heavy atom. The van der Waals surface area contributed by atoms with Gasteiger partial charge in [-0.25, -0.2) is 4.98 Å². The maximum Gasteiger partial charge on any atom is 0.271 e. The van der Waals surface area contributed by atoms with Gasteiger partial charge >= 0.3 is 0 Å². The average molecular weight is 457 g/mol. The predicted molar refractivity (Wildman–Crippen MR) is 126 cm³/mol. The van der Waals surface area contributed by atoms with E-state index in [0.29, 0.717) is 11.6 Å². The maximum absolute atomic E-state index is 13.3. The molecule has 2 aliphatic carbocycles. The number of piperidine rings is 1. The third-order valence-corrected chi connectivity index (χ3v) is 9.13. The van der Waals surface area contributed by atoms with Crippen LogP contribution < -0.4 is 5.32 Å². The molecule has 0 radical (unpaired) electrons. The normalized spacial score (nSPS) is 36.0. The zero-order valence-corrected chi connectivity index (χ0v) is 20.5. The second-order valence-electron chi connectivity index (χ2n) is 11.2. The third-order valence-electron chi connectivity index (χ3n) is 9.13. The van der Waals surface area contributed by atoms with E-state index in [1.54, 1.807) is 6.20 Å². The molecule has 2 N–H and O–H groups in total. The molecule has 7 atom stereocenters. The van der Waals surface area contributed by atoms with Crippen LogP contribution in [0.1, 0.15) is 76.7 Å². The van der Waals surface area contributed by atoms with E-state index in [1.165, 1.54) is 12.4 Å². The minimum absolute atomic E-state index is 0.0272.